The van der Waals surface area contributed by atoms with E-state index in [1.54, 1.807) is 19.5 Å². The van der Waals surface area contributed by atoms with Gasteiger partial charge in [0.15, 0.2) is 0 Å². The Morgan fingerprint density at radius 2 is 1.83 bits per heavy atom. The Hall–Kier alpha value is -3.38. The number of anilines is 2. The second-order valence-corrected chi connectivity index (χ2v) is 7.49. The van der Waals surface area contributed by atoms with Gasteiger partial charge in [0.2, 0.25) is 0 Å². The summed E-state index contributed by atoms with van der Waals surface area (Å²) in [5.74, 6) is 1.67. The Labute approximate surface area is 180 Å². The van der Waals surface area contributed by atoms with Crippen LogP contribution in [0.15, 0.2) is 55.0 Å². The molecule has 0 aliphatic heterocycles. The lowest BCUT2D eigenvalue weighted by molar-refractivity contribution is 0.414. The summed E-state index contributed by atoms with van der Waals surface area (Å²) in [6, 6.07) is 11.9. The van der Waals surface area contributed by atoms with Crippen LogP contribution in [0.4, 0.5) is 11.5 Å². The molecule has 0 spiro atoms. The van der Waals surface area contributed by atoms with Gasteiger partial charge in [0, 0.05) is 48.7 Å². The van der Waals surface area contributed by atoms with Gasteiger partial charge in [-0.2, -0.15) is 0 Å². The Bertz CT molecular complexity index is 1210. The number of nitrogens with zero attached hydrogens (tertiary/aromatic N) is 4. The maximum Gasteiger partial charge on any atom is 0.130 e. The van der Waals surface area contributed by atoms with Gasteiger partial charge >= 0.3 is 0 Å². The smallest absolute Gasteiger partial charge is 0.130 e. The molecule has 1 aromatic carbocycles. The maximum atomic E-state index is 6.50. The summed E-state index contributed by atoms with van der Waals surface area (Å²) >= 11 is 6.50. The number of fused-ring (bicyclic) bond motifs is 1. The normalized spacial score (nSPS) is 10.9. The minimum absolute atomic E-state index is 0.450. The van der Waals surface area contributed by atoms with Crippen molar-refractivity contribution in [2.45, 2.75) is 13.5 Å². The molecule has 7 heteroatoms. The van der Waals surface area contributed by atoms with Crippen LogP contribution in [0, 0.1) is 6.92 Å². The van der Waals surface area contributed by atoms with E-state index in [1.807, 2.05) is 56.6 Å². The zero-order chi connectivity index (χ0) is 21.3. The van der Waals surface area contributed by atoms with E-state index in [-0.39, 0.29) is 0 Å². The van der Waals surface area contributed by atoms with Crippen molar-refractivity contribution in [1.82, 2.24) is 15.0 Å². The molecule has 2 N–H and O–H groups in total. The highest BCUT2D eigenvalue weighted by Crippen LogP contribution is 2.37. The summed E-state index contributed by atoms with van der Waals surface area (Å²) < 4.78 is 5.22. The molecular weight excluding hydrogens is 398 g/mol. The van der Waals surface area contributed by atoms with E-state index in [0.717, 1.165) is 44.9 Å². The molecular formula is C23H22ClN5O. The first-order valence-corrected chi connectivity index (χ1v) is 9.85. The number of aryl methyl sites for hydroxylation is 1. The van der Waals surface area contributed by atoms with Crippen molar-refractivity contribution < 1.29 is 4.74 Å². The first-order chi connectivity index (χ1) is 14.5. The van der Waals surface area contributed by atoms with E-state index in [1.165, 1.54) is 0 Å². The monoisotopic (exact) mass is 419 g/mol. The van der Waals surface area contributed by atoms with Gasteiger partial charge in [-0.05, 0) is 36.2 Å². The molecule has 152 valence electrons. The van der Waals surface area contributed by atoms with Crippen LogP contribution in [0.2, 0.25) is 5.02 Å². The molecule has 0 aliphatic rings. The van der Waals surface area contributed by atoms with Gasteiger partial charge in [0.1, 0.15) is 11.6 Å². The van der Waals surface area contributed by atoms with Crippen LogP contribution >= 0.6 is 11.6 Å². The summed E-state index contributed by atoms with van der Waals surface area (Å²) in [4.78, 5) is 15.7. The number of methoxy groups -OCH3 is 1. The average molecular weight is 420 g/mol. The highest BCUT2D eigenvalue weighted by molar-refractivity contribution is 6.36. The first kappa shape index (κ1) is 19.9. The number of benzene rings is 1. The summed E-state index contributed by atoms with van der Waals surface area (Å²) in [5.41, 5.74) is 11.0. The summed E-state index contributed by atoms with van der Waals surface area (Å²) in [7, 11) is 3.67. The second-order valence-electron chi connectivity index (χ2n) is 7.11. The fourth-order valence-corrected chi connectivity index (χ4v) is 3.73. The molecule has 0 saturated carbocycles. The Morgan fingerprint density at radius 3 is 2.57 bits per heavy atom. The second kappa shape index (κ2) is 8.16. The SMILES string of the molecule is COc1ccc(CN(C)c2cc3nccc(-c4c(C)ncc(N)c4Cl)c3cn2)cc1. The molecule has 0 aliphatic carbocycles. The fraction of sp³-hybridized carbons (Fsp3) is 0.174. The van der Waals surface area contributed by atoms with Crippen molar-refractivity contribution in [1.29, 1.82) is 0 Å². The number of rotatable bonds is 5. The number of nitrogen functional groups attached to an aromatic ring is 1. The van der Waals surface area contributed by atoms with Gasteiger partial charge in [-0.3, -0.25) is 9.97 Å². The Balaban J connectivity index is 1.70. The topological polar surface area (TPSA) is 77.2 Å². The van der Waals surface area contributed by atoms with E-state index in [2.05, 4.69) is 19.9 Å². The van der Waals surface area contributed by atoms with E-state index >= 15 is 0 Å². The zero-order valence-corrected chi connectivity index (χ0v) is 17.8. The molecule has 3 heterocycles. The minimum atomic E-state index is 0.450. The molecule has 0 fully saturated rings. The van der Waals surface area contributed by atoms with Gasteiger partial charge < -0.3 is 15.4 Å². The maximum absolute atomic E-state index is 6.50. The minimum Gasteiger partial charge on any atom is -0.497 e. The number of pyridine rings is 3. The van der Waals surface area contributed by atoms with Crippen LogP contribution in [0.5, 0.6) is 5.75 Å². The molecule has 6 nitrogen and oxygen atoms in total. The predicted molar refractivity (Wildman–Crippen MR) is 122 cm³/mol. The molecule has 0 atom stereocenters. The molecule has 3 aromatic heterocycles. The summed E-state index contributed by atoms with van der Waals surface area (Å²) in [5, 5.41) is 1.40. The van der Waals surface area contributed by atoms with Gasteiger partial charge in [-0.25, -0.2) is 4.98 Å². The lowest BCUT2D eigenvalue weighted by Gasteiger charge is -2.19. The van der Waals surface area contributed by atoms with Crippen molar-refractivity contribution in [3.63, 3.8) is 0 Å². The molecule has 4 aromatic rings. The number of hydrogen-bond acceptors (Lipinski definition) is 6. The standard InChI is InChI=1S/C23H22ClN5O/c1-14-22(23(24)19(25)12-27-14)17-8-9-26-20-10-21(28-11-18(17)20)29(2)13-15-4-6-16(30-3)7-5-15/h4-12H,13,25H2,1-3H3. The van der Waals surface area contributed by atoms with E-state index < -0.39 is 0 Å². The average Bonchev–Trinajstić information content (AvgIpc) is 2.77. The van der Waals surface area contributed by atoms with Crippen LogP contribution in [0.3, 0.4) is 0 Å². The van der Waals surface area contributed by atoms with E-state index in [4.69, 9.17) is 22.1 Å². The molecule has 0 amide bonds. The van der Waals surface area contributed by atoms with Crippen molar-refractivity contribution in [2.75, 3.05) is 24.8 Å². The number of hydrogen-bond donors (Lipinski definition) is 1. The van der Waals surface area contributed by atoms with Crippen LogP contribution < -0.4 is 15.4 Å². The van der Waals surface area contributed by atoms with Gasteiger partial charge in [0.05, 0.1) is 29.5 Å². The molecule has 30 heavy (non-hydrogen) atoms. The van der Waals surface area contributed by atoms with Gasteiger partial charge in [-0.15, -0.1) is 0 Å². The molecule has 0 unspecified atom stereocenters. The van der Waals surface area contributed by atoms with Crippen molar-refractivity contribution in [2.24, 2.45) is 0 Å². The zero-order valence-electron chi connectivity index (χ0n) is 17.1. The first-order valence-electron chi connectivity index (χ1n) is 9.47. The Kier molecular flexibility index (Phi) is 5.42. The lowest BCUT2D eigenvalue weighted by atomic mass is 10.0. The number of ether oxygens (including phenoxy) is 1. The van der Waals surface area contributed by atoms with Crippen LogP contribution in [0.1, 0.15) is 11.3 Å². The fourth-order valence-electron chi connectivity index (χ4n) is 3.45. The van der Waals surface area contributed by atoms with Gasteiger partial charge in [-0.1, -0.05) is 23.7 Å². The third-order valence-electron chi connectivity index (χ3n) is 5.08. The van der Waals surface area contributed by atoms with Crippen LogP contribution in [0.25, 0.3) is 22.0 Å². The van der Waals surface area contributed by atoms with Crippen molar-refractivity contribution >= 4 is 34.0 Å². The largest absolute Gasteiger partial charge is 0.497 e. The van der Waals surface area contributed by atoms with Crippen LogP contribution in [-0.4, -0.2) is 29.1 Å². The third kappa shape index (κ3) is 3.74. The van der Waals surface area contributed by atoms with Crippen molar-refractivity contribution in [3.8, 4) is 16.9 Å². The number of aromatic nitrogens is 3. The highest BCUT2D eigenvalue weighted by Gasteiger charge is 2.15. The van der Waals surface area contributed by atoms with Crippen molar-refractivity contribution in [3.05, 3.63) is 71.3 Å². The quantitative estimate of drug-likeness (QED) is 0.496. The summed E-state index contributed by atoms with van der Waals surface area (Å²) in [6.45, 7) is 2.63. The molecule has 0 radical (unpaired) electrons. The predicted octanol–water partition coefficient (Wildman–Crippen LogP) is 4.88. The molecule has 0 bridgehead atoms. The summed E-state index contributed by atoms with van der Waals surface area (Å²) in [6.07, 6.45) is 5.18. The lowest BCUT2D eigenvalue weighted by Crippen LogP contribution is -2.17. The van der Waals surface area contributed by atoms with E-state index in [9.17, 15) is 0 Å². The van der Waals surface area contributed by atoms with Gasteiger partial charge in [0.25, 0.3) is 0 Å². The third-order valence-corrected chi connectivity index (χ3v) is 5.49. The molecule has 4 rings (SSSR count). The molecule has 0 saturated heterocycles. The highest BCUT2D eigenvalue weighted by atomic mass is 35.5. The number of nitrogens with two attached hydrogens (primary N) is 1. The number of halogens is 1. The van der Waals surface area contributed by atoms with E-state index in [0.29, 0.717) is 17.3 Å². The van der Waals surface area contributed by atoms with Crippen LogP contribution in [-0.2, 0) is 6.54 Å². The Morgan fingerprint density at radius 1 is 1.07 bits per heavy atom.